The van der Waals surface area contributed by atoms with Gasteiger partial charge in [-0.3, -0.25) is 4.90 Å². The molecule has 24 heavy (non-hydrogen) atoms. The number of sulfonamides is 1. The Balaban J connectivity index is 1.80. The molecule has 10 heteroatoms. The summed E-state index contributed by atoms with van der Waals surface area (Å²) in [6, 6.07) is -0.409. The first-order valence-electron chi connectivity index (χ1n) is 7.73. The Morgan fingerprint density at radius 3 is 2.71 bits per heavy atom. The van der Waals surface area contributed by atoms with Crippen LogP contribution in [-0.4, -0.2) is 58.6 Å². The van der Waals surface area contributed by atoms with Gasteiger partial charge >= 0.3 is 0 Å². The molecule has 0 aromatic carbocycles. The first-order valence-corrected chi connectivity index (χ1v) is 10.5. The zero-order valence-electron chi connectivity index (χ0n) is 14.0. The summed E-state index contributed by atoms with van der Waals surface area (Å²) in [5.41, 5.74) is 2.88. The maximum atomic E-state index is 12.2. The number of hydrogen-bond donors (Lipinski definition) is 0. The number of hydrogen-bond acceptors (Lipinski definition) is 8. The highest BCUT2D eigenvalue weighted by molar-refractivity contribution is 7.88. The third-order valence-electron chi connectivity index (χ3n) is 4.17. The van der Waals surface area contributed by atoms with Crippen molar-refractivity contribution in [3.05, 3.63) is 27.8 Å². The maximum Gasteiger partial charge on any atom is 0.245 e. The second-order valence-electron chi connectivity index (χ2n) is 6.00. The molecule has 0 bridgehead atoms. The summed E-state index contributed by atoms with van der Waals surface area (Å²) in [5.74, 6) is 0.883. The van der Waals surface area contributed by atoms with Gasteiger partial charge in [-0.25, -0.2) is 13.4 Å². The molecule has 2 aromatic rings. The third kappa shape index (κ3) is 3.82. The van der Waals surface area contributed by atoms with Gasteiger partial charge in [0.1, 0.15) is 6.04 Å². The van der Waals surface area contributed by atoms with Gasteiger partial charge in [-0.2, -0.15) is 9.29 Å². The molecule has 1 atom stereocenters. The summed E-state index contributed by atoms with van der Waals surface area (Å²) >= 11 is 1.63. The van der Waals surface area contributed by atoms with E-state index < -0.39 is 16.1 Å². The fourth-order valence-corrected chi connectivity index (χ4v) is 4.78. The van der Waals surface area contributed by atoms with Crippen LogP contribution < -0.4 is 0 Å². The Bertz CT molecular complexity index is 801. The SMILES string of the molecule is Cc1noc(C2CCN(Cc3scnc3C)CCN2S(C)(=O)=O)n1. The Kier molecular flexibility index (Phi) is 5.00. The van der Waals surface area contributed by atoms with Crippen molar-refractivity contribution < 1.29 is 12.9 Å². The van der Waals surface area contributed by atoms with E-state index in [1.165, 1.54) is 15.4 Å². The standard InChI is InChI=1S/C14H21N5O3S2/c1-10-13(23-9-15-10)8-18-5-4-12(14-16-11(2)17-22-14)19(7-6-18)24(3,20)21/h9,12H,4-8H2,1-3H3. The van der Waals surface area contributed by atoms with Gasteiger partial charge in [0.15, 0.2) is 5.82 Å². The zero-order chi connectivity index (χ0) is 17.3. The molecule has 0 aliphatic carbocycles. The number of aromatic nitrogens is 3. The normalized spacial score (nSPS) is 21.0. The van der Waals surface area contributed by atoms with Crippen LogP contribution in [0.3, 0.4) is 0 Å². The van der Waals surface area contributed by atoms with E-state index in [2.05, 4.69) is 20.0 Å². The van der Waals surface area contributed by atoms with E-state index >= 15 is 0 Å². The van der Waals surface area contributed by atoms with Crippen molar-refractivity contribution >= 4 is 21.4 Å². The van der Waals surface area contributed by atoms with E-state index in [0.29, 0.717) is 31.2 Å². The minimum Gasteiger partial charge on any atom is -0.338 e. The predicted molar refractivity (Wildman–Crippen MR) is 90.1 cm³/mol. The molecule has 3 rings (SSSR count). The number of aryl methyl sites for hydroxylation is 2. The quantitative estimate of drug-likeness (QED) is 0.801. The highest BCUT2D eigenvalue weighted by Gasteiger charge is 2.34. The maximum absolute atomic E-state index is 12.2. The second kappa shape index (κ2) is 6.87. The Morgan fingerprint density at radius 1 is 1.33 bits per heavy atom. The van der Waals surface area contributed by atoms with Crippen molar-refractivity contribution in [2.24, 2.45) is 0 Å². The molecule has 1 unspecified atom stereocenters. The van der Waals surface area contributed by atoms with Crippen LogP contribution >= 0.6 is 11.3 Å². The molecule has 1 fully saturated rings. The van der Waals surface area contributed by atoms with E-state index in [1.54, 1.807) is 18.3 Å². The average Bonchev–Trinajstić information content (AvgIpc) is 3.02. The Morgan fingerprint density at radius 2 is 2.12 bits per heavy atom. The third-order valence-corrected chi connectivity index (χ3v) is 6.38. The smallest absolute Gasteiger partial charge is 0.245 e. The molecule has 0 amide bonds. The molecule has 0 saturated carbocycles. The summed E-state index contributed by atoms with van der Waals surface area (Å²) < 4.78 is 31.2. The highest BCUT2D eigenvalue weighted by Crippen LogP contribution is 2.29. The van der Waals surface area contributed by atoms with Crippen LogP contribution in [0.4, 0.5) is 0 Å². The molecular formula is C14H21N5O3S2. The summed E-state index contributed by atoms with van der Waals surface area (Å²) in [6.07, 6.45) is 1.85. The zero-order valence-corrected chi connectivity index (χ0v) is 15.6. The predicted octanol–water partition coefficient (Wildman–Crippen LogP) is 1.35. The lowest BCUT2D eigenvalue weighted by Crippen LogP contribution is -2.36. The van der Waals surface area contributed by atoms with Crippen molar-refractivity contribution in [3.8, 4) is 0 Å². The van der Waals surface area contributed by atoms with E-state index in [-0.39, 0.29) is 0 Å². The van der Waals surface area contributed by atoms with Crippen molar-refractivity contribution in [3.63, 3.8) is 0 Å². The summed E-state index contributed by atoms with van der Waals surface area (Å²) in [4.78, 5) is 12.0. The van der Waals surface area contributed by atoms with Crippen LogP contribution in [0, 0.1) is 13.8 Å². The molecule has 0 N–H and O–H groups in total. The fraction of sp³-hybridized carbons (Fsp3) is 0.643. The second-order valence-corrected chi connectivity index (χ2v) is 8.87. The van der Waals surface area contributed by atoms with Crippen LogP contribution in [-0.2, 0) is 16.6 Å². The van der Waals surface area contributed by atoms with Crippen LogP contribution in [0.15, 0.2) is 10.0 Å². The molecule has 1 aliphatic heterocycles. The van der Waals surface area contributed by atoms with Crippen LogP contribution in [0.2, 0.25) is 0 Å². The first kappa shape index (κ1) is 17.5. The van der Waals surface area contributed by atoms with Gasteiger partial charge < -0.3 is 4.52 Å². The van der Waals surface area contributed by atoms with Gasteiger partial charge in [-0.15, -0.1) is 11.3 Å². The topological polar surface area (TPSA) is 92.4 Å². The summed E-state index contributed by atoms with van der Waals surface area (Å²) in [6.45, 7) is 6.33. The number of thiazole rings is 1. The van der Waals surface area contributed by atoms with Gasteiger partial charge in [-0.1, -0.05) is 5.16 Å². The average molecular weight is 371 g/mol. The van der Waals surface area contributed by atoms with Crippen molar-refractivity contribution in [1.82, 2.24) is 24.3 Å². The van der Waals surface area contributed by atoms with Gasteiger partial charge in [0.25, 0.3) is 0 Å². The lowest BCUT2D eigenvalue weighted by Gasteiger charge is -2.24. The fourth-order valence-electron chi connectivity index (χ4n) is 2.89. The van der Waals surface area contributed by atoms with Crippen LogP contribution in [0.25, 0.3) is 0 Å². The van der Waals surface area contributed by atoms with Gasteiger partial charge in [0, 0.05) is 31.1 Å². The number of nitrogens with zero attached hydrogens (tertiary/aromatic N) is 5. The Hall–Kier alpha value is -1.36. The van der Waals surface area contributed by atoms with Crippen molar-refractivity contribution in [1.29, 1.82) is 0 Å². The van der Waals surface area contributed by atoms with E-state index in [0.717, 1.165) is 18.8 Å². The van der Waals surface area contributed by atoms with E-state index in [4.69, 9.17) is 4.52 Å². The largest absolute Gasteiger partial charge is 0.338 e. The minimum absolute atomic E-state index is 0.369. The van der Waals surface area contributed by atoms with Gasteiger partial charge in [-0.05, 0) is 20.3 Å². The molecule has 8 nitrogen and oxygen atoms in total. The molecule has 2 aromatic heterocycles. The molecule has 132 valence electrons. The van der Waals surface area contributed by atoms with Crippen LogP contribution in [0.1, 0.15) is 34.7 Å². The van der Waals surface area contributed by atoms with Crippen LogP contribution in [0.5, 0.6) is 0 Å². The summed E-state index contributed by atoms with van der Waals surface area (Å²) in [5, 5.41) is 3.80. The number of rotatable bonds is 4. The van der Waals surface area contributed by atoms with E-state index in [1.807, 2.05) is 12.4 Å². The lowest BCUT2D eigenvalue weighted by atomic mass is 10.2. The summed E-state index contributed by atoms with van der Waals surface area (Å²) in [7, 11) is -3.36. The van der Waals surface area contributed by atoms with Crippen molar-refractivity contribution in [2.75, 3.05) is 25.9 Å². The highest BCUT2D eigenvalue weighted by atomic mass is 32.2. The molecule has 1 saturated heterocycles. The monoisotopic (exact) mass is 371 g/mol. The minimum atomic E-state index is -3.36. The van der Waals surface area contributed by atoms with E-state index in [9.17, 15) is 8.42 Å². The van der Waals surface area contributed by atoms with Gasteiger partial charge in [0.2, 0.25) is 15.9 Å². The van der Waals surface area contributed by atoms with Crippen molar-refractivity contribution in [2.45, 2.75) is 32.9 Å². The molecule has 0 spiro atoms. The molecule has 0 radical (unpaired) electrons. The lowest BCUT2D eigenvalue weighted by molar-refractivity contribution is 0.257. The molecule has 1 aliphatic rings. The Labute approximate surface area is 145 Å². The first-order chi connectivity index (χ1) is 11.3. The molecular weight excluding hydrogens is 350 g/mol. The molecule has 3 heterocycles. The van der Waals surface area contributed by atoms with Gasteiger partial charge in [0.05, 0.1) is 17.5 Å².